The normalized spacial score (nSPS) is 11.0. The van der Waals surface area contributed by atoms with Crippen molar-refractivity contribution >= 4 is 11.8 Å². The Hall–Kier alpha value is -6.24. The van der Waals surface area contributed by atoms with E-state index in [0.29, 0.717) is 71.5 Å². The van der Waals surface area contributed by atoms with Gasteiger partial charge in [0.05, 0.1) is 51.4 Å². The van der Waals surface area contributed by atoms with Crippen molar-refractivity contribution in [2.45, 2.75) is 38.9 Å². The summed E-state index contributed by atoms with van der Waals surface area (Å²) in [5.74, 6) is 1.82. The number of carbonyl (C=O) groups excluding carboxylic acids is 2. The molecule has 0 saturated carbocycles. The number of rotatable bonds is 17. The third-order valence-corrected chi connectivity index (χ3v) is 8.99. The van der Waals surface area contributed by atoms with E-state index >= 15 is 0 Å². The van der Waals surface area contributed by atoms with Crippen LogP contribution < -0.4 is 20.1 Å². The molecular formula is C42H42N4O8. The van der Waals surface area contributed by atoms with E-state index in [1.807, 2.05) is 97.1 Å². The lowest BCUT2D eigenvalue weighted by molar-refractivity contribution is -0.121. The minimum Gasteiger partial charge on any atom is -0.497 e. The smallest absolute Gasteiger partial charge is 0.227 e. The molecule has 278 valence electrons. The number of aliphatic hydroxyl groups excluding tert-OH is 2. The van der Waals surface area contributed by atoms with Crippen molar-refractivity contribution in [3.05, 3.63) is 120 Å². The largest absolute Gasteiger partial charge is 0.497 e. The van der Waals surface area contributed by atoms with Crippen molar-refractivity contribution in [1.82, 2.24) is 20.9 Å². The molecule has 4 aromatic carbocycles. The SMILES string of the molecule is COc1ccc(-c2noc(CC(=O)NCCCCNC(=O)Cc3onc(-c4ccc(CO)cc4)c3-c3ccc(OC)cc3)c2-c2ccc(CO)cc2)cc1. The standard InChI is InChI=1S/C42H42N4O8/c1-51-33-17-13-30(14-18-33)40-36(54-45-41(40)31-11-7-28(26-48)8-12-31)24-38(50)44-22-4-3-21-43-37(49)23-35-39(29-9-5-27(25-47)6-10-29)42(46-53-35)32-15-19-34(52-2)20-16-32/h5-20,47-48H,3-4,21-26H2,1-2H3,(H,43,49)(H,44,50). The lowest BCUT2D eigenvalue weighted by Crippen LogP contribution is -2.28. The van der Waals surface area contributed by atoms with E-state index in [1.54, 1.807) is 14.2 Å². The molecule has 2 aromatic heterocycles. The van der Waals surface area contributed by atoms with Gasteiger partial charge in [0, 0.05) is 24.2 Å². The Kier molecular flexibility index (Phi) is 12.5. The second-order valence-electron chi connectivity index (χ2n) is 12.6. The molecule has 0 bridgehead atoms. The summed E-state index contributed by atoms with van der Waals surface area (Å²) < 4.78 is 22.1. The van der Waals surface area contributed by atoms with Crippen molar-refractivity contribution in [2.75, 3.05) is 27.3 Å². The number of hydrogen-bond donors (Lipinski definition) is 4. The zero-order chi connectivity index (χ0) is 37.9. The average Bonchev–Trinajstić information content (AvgIpc) is 3.83. The molecule has 0 aliphatic heterocycles. The molecule has 4 N–H and O–H groups in total. The van der Waals surface area contributed by atoms with Gasteiger partial charge in [-0.15, -0.1) is 0 Å². The summed E-state index contributed by atoms with van der Waals surface area (Å²) in [6, 6.07) is 29.7. The highest BCUT2D eigenvalue weighted by Gasteiger charge is 2.23. The molecule has 54 heavy (non-hydrogen) atoms. The summed E-state index contributed by atoms with van der Waals surface area (Å²) in [4.78, 5) is 26.1. The Morgan fingerprint density at radius 1 is 0.556 bits per heavy atom. The number of ether oxygens (including phenoxy) is 2. The van der Waals surface area contributed by atoms with E-state index in [1.165, 1.54) is 0 Å². The van der Waals surface area contributed by atoms with Crippen LogP contribution in [0, 0.1) is 0 Å². The number of hydrogen-bond acceptors (Lipinski definition) is 10. The highest BCUT2D eigenvalue weighted by atomic mass is 16.5. The van der Waals surface area contributed by atoms with Gasteiger partial charge in [-0.05, 0) is 71.5 Å². The number of benzene rings is 4. The van der Waals surface area contributed by atoms with Crippen LogP contribution >= 0.6 is 0 Å². The Morgan fingerprint density at radius 3 is 1.28 bits per heavy atom. The first kappa shape index (κ1) is 37.5. The van der Waals surface area contributed by atoms with Gasteiger partial charge in [0.2, 0.25) is 11.8 Å². The molecule has 0 unspecified atom stereocenters. The number of nitrogens with one attached hydrogen (secondary N) is 2. The summed E-state index contributed by atoms with van der Waals surface area (Å²) in [7, 11) is 3.20. The van der Waals surface area contributed by atoms with Crippen LogP contribution in [0.1, 0.15) is 35.5 Å². The Morgan fingerprint density at radius 2 is 0.907 bits per heavy atom. The molecule has 0 saturated heterocycles. The van der Waals surface area contributed by atoms with Gasteiger partial charge in [0.15, 0.2) is 11.5 Å². The molecule has 0 fully saturated rings. The molecule has 2 heterocycles. The van der Waals surface area contributed by atoms with Gasteiger partial charge < -0.3 is 39.4 Å². The minimum atomic E-state index is -0.220. The van der Waals surface area contributed by atoms with E-state index in [0.717, 1.165) is 33.4 Å². The highest BCUT2D eigenvalue weighted by Crippen LogP contribution is 2.37. The number of methoxy groups -OCH3 is 2. The second-order valence-corrected chi connectivity index (χ2v) is 12.6. The number of unbranched alkanes of at least 4 members (excludes halogenated alkanes) is 1. The van der Waals surface area contributed by atoms with Crippen LogP contribution in [0.3, 0.4) is 0 Å². The molecule has 0 radical (unpaired) electrons. The number of aromatic nitrogens is 2. The number of carbonyl (C=O) groups is 2. The van der Waals surface area contributed by atoms with Gasteiger partial charge in [0.1, 0.15) is 22.9 Å². The number of nitrogens with zero attached hydrogens (tertiary/aromatic N) is 2. The molecular weight excluding hydrogens is 688 g/mol. The monoisotopic (exact) mass is 730 g/mol. The van der Waals surface area contributed by atoms with Crippen LogP contribution in [0.15, 0.2) is 106 Å². The van der Waals surface area contributed by atoms with Crippen LogP contribution in [0.5, 0.6) is 11.5 Å². The Labute approximate surface area is 312 Å². The highest BCUT2D eigenvalue weighted by molar-refractivity contribution is 5.88. The maximum atomic E-state index is 13.0. The average molecular weight is 731 g/mol. The summed E-state index contributed by atoms with van der Waals surface area (Å²) in [5.41, 5.74) is 7.39. The summed E-state index contributed by atoms with van der Waals surface area (Å²) >= 11 is 0. The van der Waals surface area contributed by atoms with Crippen molar-refractivity contribution < 1.29 is 38.3 Å². The van der Waals surface area contributed by atoms with Crippen molar-refractivity contribution in [3.63, 3.8) is 0 Å². The zero-order valence-corrected chi connectivity index (χ0v) is 30.1. The number of amides is 2. The molecule has 0 atom stereocenters. The van der Waals surface area contributed by atoms with Crippen LogP contribution in [-0.4, -0.2) is 59.6 Å². The molecule has 0 aliphatic rings. The lowest BCUT2D eigenvalue weighted by atomic mass is 9.97. The van der Waals surface area contributed by atoms with Crippen LogP contribution in [0.2, 0.25) is 0 Å². The molecule has 0 aliphatic carbocycles. The van der Waals surface area contributed by atoms with E-state index in [-0.39, 0.29) is 37.9 Å². The molecule has 2 amide bonds. The van der Waals surface area contributed by atoms with Crippen molar-refractivity contribution in [2.24, 2.45) is 0 Å². The molecule has 12 nitrogen and oxygen atoms in total. The molecule has 6 rings (SSSR count). The van der Waals surface area contributed by atoms with Crippen molar-refractivity contribution in [3.8, 4) is 56.3 Å². The van der Waals surface area contributed by atoms with Crippen molar-refractivity contribution in [1.29, 1.82) is 0 Å². The predicted octanol–water partition coefficient (Wildman–Crippen LogP) is 6.13. The van der Waals surface area contributed by atoms with E-state index in [2.05, 4.69) is 20.9 Å². The van der Waals surface area contributed by atoms with E-state index < -0.39 is 0 Å². The van der Waals surface area contributed by atoms with Gasteiger partial charge >= 0.3 is 0 Å². The quantitative estimate of drug-likeness (QED) is 0.0801. The minimum absolute atomic E-state index is 0.0133. The van der Waals surface area contributed by atoms with Crippen LogP contribution in [0.4, 0.5) is 0 Å². The van der Waals surface area contributed by atoms with Gasteiger partial charge in [-0.3, -0.25) is 9.59 Å². The third-order valence-electron chi connectivity index (χ3n) is 8.99. The summed E-state index contributed by atoms with van der Waals surface area (Å²) in [6.07, 6.45) is 1.25. The maximum absolute atomic E-state index is 13.0. The summed E-state index contributed by atoms with van der Waals surface area (Å²) in [5, 5.41) is 33.5. The van der Waals surface area contributed by atoms with E-state index in [9.17, 15) is 19.8 Å². The number of aliphatic hydroxyl groups is 2. The first-order valence-electron chi connectivity index (χ1n) is 17.6. The molecule has 0 spiro atoms. The fourth-order valence-corrected chi connectivity index (χ4v) is 6.05. The second kappa shape index (κ2) is 18.0. The van der Waals surface area contributed by atoms with Gasteiger partial charge in [-0.2, -0.15) is 0 Å². The Balaban J connectivity index is 1.03. The molecule has 6 aromatic rings. The van der Waals surface area contributed by atoms with Crippen LogP contribution in [0.25, 0.3) is 44.8 Å². The first-order valence-corrected chi connectivity index (χ1v) is 17.6. The third kappa shape index (κ3) is 9.03. The van der Waals surface area contributed by atoms with Gasteiger partial charge in [-0.1, -0.05) is 71.0 Å². The fraction of sp³-hybridized carbons (Fsp3) is 0.238. The van der Waals surface area contributed by atoms with E-state index in [4.69, 9.17) is 18.5 Å². The molecule has 12 heteroatoms. The first-order chi connectivity index (χ1) is 26.4. The maximum Gasteiger partial charge on any atom is 0.227 e. The topological polar surface area (TPSA) is 169 Å². The Bertz CT molecular complexity index is 1980. The van der Waals surface area contributed by atoms with Gasteiger partial charge in [0.25, 0.3) is 0 Å². The predicted molar refractivity (Wildman–Crippen MR) is 202 cm³/mol. The lowest BCUT2D eigenvalue weighted by Gasteiger charge is -2.09. The zero-order valence-electron chi connectivity index (χ0n) is 30.1. The fourth-order valence-electron chi connectivity index (χ4n) is 6.05. The van der Waals surface area contributed by atoms with Gasteiger partial charge in [-0.25, -0.2) is 0 Å². The summed E-state index contributed by atoms with van der Waals surface area (Å²) in [6.45, 7) is 0.681. The van der Waals surface area contributed by atoms with Crippen LogP contribution in [-0.2, 0) is 35.6 Å².